The van der Waals surface area contributed by atoms with Crippen LogP contribution in [0.5, 0.6) is 0 Å². The molecule has 0 aliphatic rings. The molecular weight excluding hydrogens is 248 g/mol. The molecule has 0 radical (unpaired) electrons. The highest BCUT2D eigenvalue weighted by Crippen LogP contribution is 2.36. The van der Waals surface area contributed by atoms with Crippen LogP contribution >= 0.6 is 11.3 Å². The Balaban J connectivity index is 1.99. The number of unbranched alkanes of at least 4 members (excludes halogenated alkanes) is 3. The van der Waals surface area contributed by atoms with Gasteiger partial charge in [-0.3, -0.25) is 0 Å². The van der Waals surface area contributed by atoms with Gasteiger partial charge in [-0.2, -0.15) is 0 Å². The van der Waals surface area contributed by atoms with Crippen LogP contribution < -0.4 is 0 Å². The molecule has 0 spiro atoms. The molecule has 0 atom stereocenters. The van der Waals surface area contributed by atoms with Crippen LogP contribution in [-0.4, -0.2) is 0 Å². The maximum atomic E-state index is 2.31. The van der Waals surface area contributed by atoms with Crippen molar-refractivity contribution in [1.82, 2.24) is 0 Å². The summed E-state index contributed by atoms with van der Waals surface area (Å²) in [4.78, 5) is 0. The van der Waals surface area contributed by atoms with Crippen molar-refractivity contribution in [2.24, 2.45) is 0 Å². The first kappa shape index (κ1) is 12.7. The third-order valence-corrected chi connectivity index (χ3v) is 4.92. The summed E-state index contributed by atoms with van der Waals surface area (Å²) >= 11 is 1.92. The largest absolute Gasteiger partial charge is 0.135 e. The van der Waals surface area contributed by atoms with Crippen LogP contribution in [0.1, 0.15) is 38.2 Å². The van der Waals surface area contributed by atoms with E-state index in [-0.39, 0.29) is 0 Å². The normalized spacial score (nSPS) is 11.4. The Bertz CT molecular complexity index is 678. The lowest BCUT2D eigenvalue weighted by atomic mass is 10.0. The second-order valence-corrected chi connectivity index (χ2v) is 6.28. The van der Waals surface area contributed by atoms with E-state index in [4.69, 9.17) is 0 Å². The SMILES string of the molecule is CCCCCCc1cccc2sc3ccccc3c12. The van der Waals surface area contributed by atoms with Crippen molar-refractivity contribution in [2.45, 2.75) is 39.0 Å². The van der Waals surface area contributed by atoms with E-state index in [2.05, 4.69) is 49.4 Å². The van der Waals surface area contributed by atoms with E-state index >= 15 is 0 Å². The summed E-state index contributed by atoms with van der Waals surface area (Å²) in [6, 6.07) is 15.6. The first-order valence-corrected chi connectivity index (χ1v) is 8.11. The van der Waals surface area contributed by atoms with E-state index < -0.39 is 0 Å². The predicted octanol–water partition coefficient (Wildman–Crippen LogP) is 6.18. The minimum atomic E-state index is 1.22. The van der Waals surface area contributed by atoms with Gasteiger partial charge in [-0.25, -0.2) is 0 Å². The molecule has 0 N–H and O–H groups in total. The Morgan fingerprint density at radius 3 is 2.58 bits per heavy atom. The lowest BCUT2D eigenvalue weighted by Gasteiger charge is -2.04. The van der Waals surface area contributed by atoms with Gasteiger partial charge in [0.05, 0.1) is 0 Å². The standard InChI is InChI=1S/C18H20S/c1-2-3-4-5-9-14-10-8-13-17-18(14)15-11-6-7-12-16(15)19-17/h6-8,10-13H,2-5,9H2,1H3. The van der Waals surface area contributed by atoms with Gasteiger partial charge in [-0.05, 0) is 30.5 Å². The third-order valence-electron chi connectivity index (χ3n) is 3.79. The second-order valence-electron chi connectivity index (χ2n) is 5.20. The highest BCUT2D eigenvalue weighted by molar-refractivity contribution is 7.25. The summed E-state index contributed by atoms with van der Waals surface area (Å²) < 4.78 is 2.85. The Hall–Kier alpha value is -1.34. The minimum Gasteiger partial charge on any atom is -0.135 e. The highest BCUT2D eigenvalue weighted by atomic mass is 32.1. The van der Waals surface area contributed by atoms with E-state index in [1.807, 2.05) is 11.3 Å². The van der Waals surface area contributed by atoms with Crippen molar-refractivity contribution in [3.63, 3.8) is 0 Å². The molecule has 1 heteroatoms. The third kappa shape index (κ3) is 2.52. The van der Waals surface area contributed by atoms with Crippen LogP contribution in [0, 0.1) is 0 Å². The molecule has 3 aromatic rings. The zero-order chi connectivity index (χ0) is 13.1. The monoisotopic (exact) mass is 268 g/mol. The number of rotatable bonds is 5. The molecule has 0 fully saturated rings. The molecule has 19 heavy (non-hydrogen) atoms. The molecule has 0 aliphatic heterocycles. The maximum Gasteiger partial charge on any atom is 0.0358 e. The van der Waals surface area contributed by atoms with Gasteiger partial charge in [0.25, 0.3) is 0 Å². The Morgan fingerprint density at radius 1 is 0.842 bits per heavy atom. The van der Waals surface area contributed by atoms with Crippen LogP contribution in [0.3, 0.4) is 0 Å². The summed E-state index contributed by atoms with van der Waals surface area (Å²) in [7, 11) is 0. The molecule has 0 nitrogen and oxygen atoms in total. The summed E-state index contributed by atoms with van der Waals surface area (Å²) in [6.45, 7) is 2.27. The summed E-state index contributed by atoms with van der Waals surface area (Å²) in [5, 5.41) is 2.94. The maximum absolute atomic E-state index is 2.31. The summed E-state index contributed by atoms with van der Waals surface area (Å²) in [5.74, 6) is 0. The average molecular weight is 268 g/mol. The van der Waals surface area contributed by atoms with Crippen LogP contribution in [0.4, 0.5) is 0 Å². The van der Waals surface area contributed by atoms with Crippen molar-refractivity contribution in [2.75, 3.05) is 0 Å². The highest BCUT2D eigenvalue weighted by Gasteiger charge is 2.08. The van der Waals surface area contributed by atoms with E-state index in [1.54, 1.807) is 0 Å². The smallest absolute Gasteiger partial charge is 0.0358 e. The molecule has 0 unspecified atom stereocenters. The Morgan fingerprint density at radius 2 is 1.68 bits per heavy atom. The van der Waals surface area contributed by atoms with Gasteiger partial charge in [0.15, 0.2) is 0 Å². The second kappa shape index (κ2) is 5.75. The van der Waals surface area contributed by atoms with Crippen molar-refractivity contribution >= 4 is 31.5 Å². The zero-order valence-corrected chi connectivity index (χ0v) is 12.3. The predicted molar refractivity (Wildman–Crippen MR) is 87.2 cm³/mol. The van der Waals surface area contributed by atoms with Crippen LogP contribution in [0.15, 0.2) is 42.5 Å². The van der Waals surface area contributed by atoms with Crippen LogP contribution in [0.25, 0.3) is 20.2 Å². The van der Waals surface area contributed by atoms with Crippen LogP contribution in [-0.2, 0) is 6.42 Å². The molecule has 0 saturated carbocycles. The van der Waals surface area contributed by atoms with Gasteiger partial charge >= 0.3 is 0 Å². The molecular formula is C18H20S. The summed E-state index contributed by atoms with van der Waals surface area (Å²) in [6.07, 6.45) is 6.57. The van der Waals surface area contributed by atoms with E-state index in [9.17, 15) is 0 Å². The summed E-state index contributed by atoms with van der Waals surface area (Å²) in [5.41, 5.74) is 1.53. The molecule has 0 saturated heterocycles. The van der Waals surface area contributed by atoms with Gasteiger partial charge < -0.3 is 0 Å². The molecule has 1 heterocycles. The fourth-order valence-corrected chi connectivity index (χ4v) is 3.95. The minimum absolute atomic E-state index is 1.22. The number of aryl methyl sites for hydroxylation is 1. The molecule has 0 aliphatic carbocycles. The number of hydrogen-bond donors (Lipinski definition) is 0. The van der Waals surface area contributed by atoms with Crippen molar-refractivity contribution in [1.29, 1.82) is 0 Å². The van der Waals surface area contributed by atoms with Gasteiger partial charge in [-0.1, -0.05) is 56.5 Å². The lowest BCUT2D eigenvalue weighted by molar-refractivity contribution is 0.668. The topological polar surface area (TPSA) is 0 Å². The van der Waals surface area contributed by atoms with E-state index in [0.29, 0.717) is 0 Å². The number of thiophene rings is 1. The fourth-order valence-electron chi connectivity index (χ4n) is 2.80. The van der Waals surface area contributed by atoms with Gasteiger partial charge in [0, 0.05) is 20.2 Å². The fraction of sp³-hybridized carbons (Fsp3) is 0.333. The van der Waals surface area contributed by atoms with Crippen molar-refractivity contribution < 1.29 is 0 Å². The van der Waals surface area contributed by atoms with Gasteiger partial charge in [-0.15, -0.1) is 11.3 Å². The van der Waals surface area contributed by atoms with Gasteiger partial charge in [0.2, 0.25) is 0 Å². The van der Waals surface area contributed by atoms with Crippen LogP contribution in [0.2, 0.25) is 0 Å². The van der Waals surface area contributed by atoms with E-state index in [1.165, 1.54) is 57.8 Å². The van der Waals surface area contributed by atoms with Crippen molar-refractivity contribution in [3.05, 3.63) is 48.0 Å². The molecule has 98 valence electrons. The van der Waals surface area contributed by atoms with Gasteiger partial charge in [0.1, 0.15) is 0 Å². The Kier molecular flexibility index (Phi) is 3.84. The average Bonchev–Trinajstić information content (AvgIpc) is 2.83. The molecule has 2 aromatic carbocycles. The first-order chi connectivity index (χ1) is 9.40. The number of fused-ring (bicyclic) bond motifs is 3. The number of benzene rings is 2. The first-order valence-electron chi connectivity index (χ1n) is 7.29. The molecule has 1 aromatic heterocycles. The van der Waals surface area contributed by atoms with E-state index in [0.717, 1.165) is 0 Å². The quantitative estimate of drug-likeness (QED) is 0.485. The lowest BCUT2D eigenvalue weighted by Crippen LogP contribution is -1.86. The molecule has 3 rings (SSSR count). The zero-order valence-electron chi connectivity index (χ0n) is 11.5. The number of hydrogen-bond acceptors (Lipinski definition) is 1. The molecule has 0 amide bonds. The van der Waals surface area contributed by atoms with Crippen molar-refractivity contribution in [3.8, 4) is 0 Å². The Labute approximate surface area is 119 Å². The molecule has 0 bridgehead atoms.